The van der Waals surface area contributed by atoms with Crippen LogP contribution in [0, 0.1) is 13.8 Å². The molecule has 4 rings (SSSR count). The first-order valence-corrected chi connectivity index (χ1v) is 10.6. The van der Waals surface area contributed by atoms with Crippen molar-refractivity contribution >= 4 is 28.4 Å². The monoisotopic (exact) mass is 394 g/mol. The fourth-order valence-electron chi connectivity index (χ4n) is 4.28. The van der Waals surface area contributed by atoms with Crippen LogP contribution < -0.4 is 5.32 Å². The molecule has 1 saturated carbocycles. The second-order valence-electron chi connectivity index (χ2n) is 7.96. The average molecular weight is 395 g/mol. The van der Waals surface area contributed by atoms with Gasteiger partial charge < -0.3 is 9.88 Å². The highest BCUT2D eigenvalue weighted by Gasteiger charge is 2.18. The van der Waals surface area contributed by atoms with Gasteiger partial charge in [-0.3, -0.25) is 4.79 Å². The van der Waals surface area contributed by atoms with Gasteiger partial charge in [0.2, 0.25) is 0 Å². The van der Waals surface area contributed by atoms with Gasteiger partial charge in [-0.15, -0.1) is 0 Å². The lowest BCUT2D eigenvalue weighted by molar-refractivity contribution is 0.0928. The van der Waals surface area contributed by atoms with Crippen LogP contribution in [-0.2, 0) is 6.54 Å². The van der Waals surface area contributed by atoms with Crippen LogP contribution in [0.1, 0.15) is 59.3 Å². The predicted molar refractivity (Wildman–Crippen MR) is 116 cm³/mol. The average Bonchev–Trinajstić information content (AvgIpc) is 2.95. The molecule has 1 aliphatic carbocycles. The summed E-state index contributed by atoms with van der Waals surface area (Å²) >= 11 is 6.02. The van der Waals surface area contributed by atoms with Crippen molar-refractivity contribution in [2.45, 2.75) is 58.5 Å². The summed E-state index contributed by atoms with van der Waals surface area (Å²) in [4.78, 5) is 12.8. The number of hydrogen-bond donors (Lipinski definition) is 1. The Balaban J connectivity index is 1.62. The zero-order valence-corrected chi connectivity index (χ0v) is 17.4. The van der Waals surface area contributed by atoms with Crippen LogP contribution in [0.15, 0.2) is 42.5 Å². The molecule has 1 aliphatic rings. The van der Waals surface area contributed by atoms with E-state index in [1.165, 1.54) is 41.6 Å². The van der Waals surface area contributed by atoms with E-state index in [1.54, 1.807) is 0 Å². The molecule has 1 fully saturated rings. The summed E-state index contributed by atoms with van der Waals surface area (Å²) in [5, 5.41) is 5.14. The van der Waals surface area contributed by atoms with E-state index in [1.807, 2.05) is 24.3 Å². The number of rotatable bonds is 4. The third kappa shape index (κ3) is 3.81. The third-order valence-corrected chi connectivity index (χ3v) is 6.35. The van der Waals surface area contributed by atoms with E-state index in [9.17, 15) is 4.79 Å². The number of aromatic nitrogens is 1. The van der Waals surface area contributed by atoms with Crippen molar-refractivity contribution in [3.05, 3.63) is 69.9 Å². The molecule has 2 aromatic carbocycles. The normalized spacial score (nSPS) is 15.1. The van der Waals surface area contributed by atoms with E-state index in [0.29, 0.717) is 6.04 Å². The van der Waals surface area contributed by atoms with Gasteiger partial charge in [0, 0.05) is 39.8 Å². The van der Waals surface area contributed by atoms with E-state index >= 15 is 0 Å². The molecule has 4 heteroatoms. The van der Waals surface area contributed by atoms with Crippen molar-refractivity contribution < 1.29 is 4.79 Å². The molecule has 1 heterocycles. The predicted octanol–water partition coefficient (Wildman–Crippen LogP) is 6.02. The standard InChI is InChI=1S/C24H27ClN2O/c1-16-17(2)27(15-18-8-11-20(25)12-9-18)23-13-10-19(14-22(16)23)24(28)26-21-6-4-3-5-7-21/h8-14,21H,3-7,15H2,1-2H3,(H,26,28). The fraction of sp³-hybridized carbons (Fsp3) is 0.375. The van der Waals surface area contributed by atoms with Gasteiger partial charge in [-0.25, -0.2) is 0 Å². The number of nitrogens with zero attached hydrogens (tertiary/aromatic N) is 1. The lowest BCUT2D eigenvalue weighted by Crippen LogP contribution is -2.36. The maximum atomic E-state index is 12.8. The smallest absolute Gasteiger partial charge is 0.251 e. The van der Waals surface area contributed by atoms with Crippen molar-refractivity contribution in [1.29, 1.82) is 0 Å². The van der Waals surface area contributed by atoms with Crippen LogP contribution >= 0.6 is 11.6 Å². The van der Waals surface area contributed by atoms with Gasteiger partial charge in [0.1, 0.15) is 0 Å². The third-order valence-electron chi connectivity index (χ3n) is 6.10. The molecule has 0 bridgehead atoms. The summed E-state index contributed by atoms with van der Waals surface area (Å²) in [5.41, 5.74) is 5.60. The summed E-state index contributed by atoms with van der Waals surface area (Å²) in [6.45, 7) is 5.08. The van der Waals surface area contributed by atoms with Crippen LogP contribution in [0.4, 0.5) is 0 Å². The Morgan fingerprint density at radius 3 is 2.50 bits per heavy atom. The number of fused-ring (bicyclic) bond motifs is 1. The lowest BCUT2D eigenvalue weighted by Gasteiger charge is -2.22. The van der Waals surface area contributed by atoms with Gasteiger partial charge in [-0.2, -0.15) is 0 Å². The molecule has 3 nitrogen and oxygen atoms in total. The second-order valence-corrected chi connectivity index (χ2v) is 8.40. The van der Waals surface area contributed by atoms with Crippen LogP contribution in [0.3, 0.4) is 0 Å². The molecule has 0 unspecified atom stereocenters. The maximum absolute atomic E-state index is 12.8. The Hall–Kier alpha value is -2.26. The van der Waals surface area contributed by atoms with Crippen molar-refractivity contribution in [3.8, 4) is 0 Å². The first-order chi connectivity index (χ1) is 13.5. The number of nitrogens with one attached hydrogen (secondary N) is 1. The zero-order valence-electron chi connectivity index (χ0n) is 16.6. The van der Waals surface area contributed by atoms with Crippen LogP contribution in [0.25, 0.3) is 10.9 Å². The van der Waals surface area contributed by atoms with Crippen LogP contribution in [0.2, 0.25) is 5.02 Å². The van der Waals surface area contributed by atoms with Crippen molar-refractivity contribution in [3.63, 3.8) is 0 Å². The molecule has 146 valence electrons. The van der Waals surface area contributed by atoms with Gasteiger partial charge in [0.05, 0.1) is 0 Å². The second kappa shape index (κ2) is 8.00. The van der Waals surface area contributed by atoms with Crippen molar-refractivity contribution in [2.24, 2.45) is 0 Å². The number of carbonyl (C=O) groups is 1. The molecule has 1 aromatic heterocycles. The fourth-order valence-corrected chi connectivity index (χ4v) is 4.41. The van der Waals surface area contributed by atoms with Gasteiger partial charge in [0.15, 0.2) is 0 Å². The quantitative estimate of drug-likeness (QED) is 0.576. The first kappa shape index (κ1) is 19.1. The van der Waals surface area contributed by atoms with Gasteiger partial charge in [0.25, 0.3) is 5.91 Å². The summed E-state index contributed by atoms with van der Waals surface area (Å²) in [7, 11) is 0. The molecule has 0 radical (unpaired) electrons. The molecule has 0 saturated heterocycles. The Kier molecular flexibility index (Phi) is 5.45. The summed E-state index contributed by atoms with van der Waals surface area (Å²) < 4.78 is 2.32. The van der Waals surface area contributed by atoms with Gasteiger partial charge in [-0.1, -0.05) is 43.0 Å². The summed E-state index contributed by atoms with van der Waals surface area (Å²) in [6.07, 6.45) is 5.93. The minimum atomic E-state index is 0.0521. The van der Waals surface area contributed by atoms with Crippen molar-refractivity contribution in [2.75, 3.05) is 0 Å². The molecule has 28 heavy (non-hydrogen) atoms. The van der Waals surface area contributed by atoms with Gasteiger partial charge in [-0.05, 0) is 68.1 Å². The highest BCUT2D eigenvalue weighted by Crippen LogP contribution is 2.28. The van der Waals surface area contributed by atoms with Crippen molar-refractivity contribution in [1.82, 2.24) is 9.88 Å². The van der Waals surface area contributed by atoms with E-state index < -0.39 is 0 Å². The molecular formula is C24H27ClN2O. The van der Waals surface area contributed by atoms with Gasteiger partial charge >= 0.3 is 0 Å². The molecule has 1 N–H and O–H groups in total. The Morgan fingerprint density at radius 1 is 1.07 bits per heavy atom. The highest BCUT2D eigenvalue weighted by molar-refractivity contribution is 6.30. The van der Waals surface area contributed by atoms with E-state index in [0.717, 1.165) is 35.4 Å². The largest absolute Gasteiger partial charge is 0.349 e. The Labute approximate surface area is 171 Å². The van der Waals surface area contributed by atoms with Crippen LogP contribution in [-0.4, -0.2) is 16.5 Å². The number of carbonyl (C=O) groups excluding carboxylic acids is 1. The Morgan fingerprint density at radius 2 is 1.79 bits per heavy atom. The van der Waals surface area contributed by atoms with E-state index in [4.69, 9.17) is 11.6 Å². The van der Waals surface area contributed by atoms with E-state index in [2.05, 4.69) is 41.9 Å². The lowest BCUT2D eigenvalue weighted by atomic mass is 9.95. The Bertz CT molecular complexity index is 998. The number of hydrogen-bond acceptors (Lipinski definition) is 1. The molecular weight excluding hydrogens is 368 g/mol. The molecule has 0 aliphatic heterocycles. The molecule has 1 amide bonds. The van der Waals surface area contributed by atoms with Crippen LogP contribution in [0.5, 0.6) is 0 Å². The number of aryl methyl sites for hydroxylation is 1. The minimum absolute atomic E-state index is 0.0521. The molecule has 0 spiro atoms. The first-order valence-electron chi connectivity index (χ1n) is 10.2. The summed E-state index contributed by atoms with van der Waals surface area (Å²) in [6, 6.07) is 14.4. The van der Waals surface area contributed by atoms with E-state index in [-0.39, 0.29) is 5.91 Å². The molecule has 0 atom stereocenters. The topological polar surface area (TPSA) is 34.0 Å². The number of amides is 1. The maximum Gasteiger partial charge on any atom is 0.251 e. The minimum Gasteiger partial charge on any atom is -0.349 e. The number of halogens is 1. The zero-order chi connectivity index (χ0) is 19.7. The molecule has 3 aromatic rings. The summed E-state index contributed by atoms with van der Waals surface area (Å²) in [5.74, 6) is 0.0521. The highest BCUT2D eigenvalue weighted by atomic mass is 35.5. The SMILES string of the molecule is Cc1c(C)n(Cc2ccc(Cl)cc2)c2ccc(C(=O)NC3CCCCC3)cc12. The number of benzene rings is 2.